The number of pyridine rings is 1. The first-order valence-electron chi connectivity index (χ1n) is 7.45. The predicted molar refractivity (Wildman–Crippen MR) is 83.8 cm³/mol. The molecule has 2 aromatic rings. The van der Waals surface area contributed by atoms with Crippen molar-refractivity contribution in [3.05, 3.63) is 59.9 Å². The van der Waals surface area contributed by atoms with Gasteiger partial charge in [0.25, 0.3) is 5.91 Å². The third kappa shape index (κ3) is 3.62. The molecule has 1 N–H and O–H groups in total. The van der Waals surface area contributed by atoms with Gasteiger partial charge in [0.15, 0.2) is 0 Å². The van der Waals surface area contributed by atoms with E-state index in [1.807, 2.05) is 35.2 Å². The molecular formula is C17H19N3O2. The Bertz CT molecular complexity index is 625. The van der Waals surface area contributed by atoms with Crippen LogP contribution in [-0.2, 0) is 6.61 Å². The molecule has 0 aliphatic carbocycles. The van der Waals surface area contributed by atoms with Crippen molar-refractivity contribution in [2.75, 3.05) is 26.2 Å². The summed E-state index contributed by atoms with van der Waals surface area (Å²) < 4.78 is 5.75. The number of piperazine rings is 1. The van der Waals surface area contributed by atoms with Gasteiger partial charge in [0, 0.05) is 49.7 Å². The van der Waals surface area contributed by atoms with E-state index in [2.05, 4.69) is 10.3 Å². The topological polar surface area (TPSA) is 54.5 Å². The molecule has 3 rings (SSSR count). The van der Waals surface area contributed by atoms with Gasteiger partial charge in [0.2, 0.25) is 0 Å². The minimum absolute atomic E-state index is 0.0633. The molecule has 2 heterocycles. The fourth-order valence-corrected chi connectivity index (χ4v) is 2.42. The molecule has 1 amide bonds. The van der Waals surface area contributed by atoms with Gasteiger partial charge < -0.3 is 15.0 Å². The Balaban J connectivity index is 1.65. The number of hydrogen-bond donors (Lipinski definition) is 1. The molecule has 0 bridgehead atoms. The Hall–Kier alpha value is -2.40. The second-order valence-corrected chi connectivity index (χ2v) is 5.22. The molecule has 0 atom stereocenters. The van der Waals surface area contributed by atoms with Crippen LogP contribution in [0, 0.1) is 0 Å². The third-order valence-electron chi connectivity index (χ3n) is 3.61. The number of carbonyl (C=O) groups is 1. The van der Waals surface area contributed by atoms with Gasteiger partial charge in [0.05, 0.1) is 0 Å². The summed E-state index contributed by atoms with van der Waals surface area (Å²) >= 11 is 0. The lowest BCUT2D eigenvalue weighted by molar-refractivity contribution is 0.0735. The standard InChI is InChI=1S/C17H19N3O2/c21-17(20-9-7-18-8-10-20)15-4-1-5-16(11-15)22-13-14-3-2-6-19-12-14/h1-6,11-12,18H,7-10,13H2. The van der Waals surface area contributed by atoms with E-state index in [0.717, 1.165) is 31.7 Å². The first-order valence-corrected chi connectivity index (χ1v) is 7.45. The number of aromatic nitrogens is 1. The highest BCUT2D eigenvalue weighted by atomic mass is 16.5. The van der Waals surface area contributed by atoms with E-state index in [4.69, 9.17) is 4.74 Å². The van der Waals surface area contributed by atoms with Gasteiger partial charge in [-0.25, -0.2) is 0 Å². The van der Waals surface area contributed by atoms with Crippen LogP contribution in [0.25, 0.3) is 0 Å². The van der Waals surface area contributed by atoms with Crippen molar-refractivity contribution >= 4 is 5.91 Å². The van der Waals surface area contributed by atoms with Gasteiger partial charge in [-0.3, -0.25) is 9.78 Å². The van der Waals surface area contributed by atoms with Crippen molar-refractivity contribution in [3.63, 3.8) is 0 Å². The van der Waals surface area contributed by atoms with Crippen LogP contribution in [-0.4, -0.2) is 42.0 Å². The van der Waals surface area contributed by atoms with E-state index in [9.17, 15) is 4.79 Å². The zero-order valence-corrected chi connectivity index (χ0v) is 12.4. The summed E-state index contributed by atoms with van der Waals surface area (Å²) in [5.74, 6) is 0.762. The van der Waals surface area contributed by atoms with Crippen molar-refractivity contribution < 1.29 is 9.53 Å². The smallest absolute Gasteiger partial charge is 0.254 e. The van der Waals surface area contributed by atoms with Gasteiger partial charge in [-0.05, 0) is 24.3 Å². The Morgan fingerprint density at radius 1 is 1.23 bits per heavy atom. The van der Waals surface area contributed by atoms with Gasteiger partial charge in [-0.2, -0.15) is 0 Å². The highest BCUT2D eigenvalue weighted by Crippen LogP contribution is 2.16. The number of ether oxygens (including phenoxy) is 1. The van der Waals surface area contributed by atoms with Crippen molar-refractivity contribution in [1.82, 2.24) is 15.2 Å². The summed E-state index contributed by atoms with van der Waals surface area (Å²) in [6.07, 6.45) is 3.51. The molecule has 0 unspecified atom stereocenters. The molecule has 1 aliphatic rings. The van der Waals surface area contributed by atoms with Crippen LogP contribution < -0.4 is 10.1 Å². The van der Waals surface area contributed by atoms with Gasteiger partial charge in [-0.1, -0.05) is 12.1 Å². The van der Waals surface area contributed by atoms with Crippen LogP contribution in [0.5, 0.6) is 5.75 Å². The summed E-state index contributed by atoms with van der Waals surface area (Å²) in [4.78, 5) is 18.4. The molecule has 1 aliphatic heterocycles. The molecule has 114 valence electrons. The molecule has 0 spiro atoms. The fourth-order valence-electron chi connectivity index (χ4n) is 2.42. The first kappa shape index (κ1) is 14.5. The maximum atomic E-state index is 12.5. The molecule has 22 heavy (non-hydrogen) atoms. The third-order valence-corrected chi connectivity index (χ3v) is 3.61. The molecule has 1 aromatic carbocycles. The fraction of sp³-hybridized carbons (Fsp3) is 0.294. The average molecular weight is 297 g/mol. The monoisotopic (exact) mass is 297 g/mol. The lowest BCUT2D eigenvalue weighted by Gasteiger charge is -2.27. The number of nitrogens with one attached hydrogen (secondary N) is 1. The van der Waals surface area contributed by atoms with Crippen molar-refractivity contribution in [2.45, 2.75) is 6.61 Å². The Kier molecular flexibility index (Phi) is 4.65. The summed E-state index contributed by atoms with van der Waals surface area (Å²) in [7, 11) is 0. The molecule has 0 radical (unpaired) electrons. The minimum Gasteiger partial charge on any atom is -0.489 e. The lowest BCUT2D eigenvalue weighted by atomic mass is 10.1. The van der Waals surface area contributed by atoms with E-state index in [1.54, 1.807) is 18.5 Å². The number of carbonyl (C=O) groups excluding carboxylic acids is 1. The zero-order chi connectivity index (χ0) is 15.2. The molecule has 1 fully saturated rings. The maximum absolute atomic E-state index is 12.5. The Morgan fingerprint density at radius 3 is 2.86 bits per heavy atom. The van der Waals surface area contributed by atoms with Crippen molar-refractivity contribution in [1.29, 1.82) is 0 Å². The maximum Gasteiger partial charge on any atom is 0.254 e. The molecular weight excluding hydrogens is 278 g/mol. The average Bonchev–Trinajstić information content (AvgIpc) is 2.61. The molecule has 1 saturated heterocycles. The van der Waals surface area contributed by atoms with E-state index < -0.39 is 0 Å². The van der Waals surface area contributed by atoms with E-state index >= 15 is 0 Å². The number of rotatable bonds is 4. The highest BCUT2D eigenvalue weighted by molar-refractivity contribution is 5.94. The van der Waals surface area contributed by atoms with Crippen LogP contribution in [0.3, 0.4) is 0 Å². The SMILES string of the molecule is O=C(c1cccc(OCc2cccnc2)c1)N1CCNCC1. The first-order chi connectivity index (χ1) is 10.8. The van der Waals surface area contributed by atoms with Crippen molar-refractivity contribution in [3.8, 4) is 5.75 Å². The van der Waals surface area contributed by atoms with Crippen LogP contribution in [0.1, 0.15) is 15.9 Å². The zero-order valence-electron chi connectivity index (χ0n) is 12.4. The molecule has 0 saturated carbocycles. The normalized spacial score (nSPS) is 14.6. The summed E-state index contributed by atoms with van der Waals surface area (Å²) in [5.41, 5.74) is 1.67. The highest BCUT2D eigenvalue weighted by Gasteiger charge is 2.18. The minimum atomic E-state index is 0.0633. The van der Waals surface area contributed by atoms with Crippen molar-refractivity contribution in [2.24, 2.45) is 0 Å². The second-order valence-electron chi connectivity index (χ2n) is 5.22. The Morgan fingerprint density at radius 2 is 2.09 bits per heavy atom. The summed E-state index contributed by atoms with van der Waals surface area (Å²) in [6.45, 7) is 3.64. The number of amides is 1. The van der Waals surface area contributed by atoms with Crippen LogP contribution in [0.4, 0.5) is 0 Å². The Labute approximate surface area is 129 Å². The molecule has 1 aromatic heterocycles. The van der Waals surface area contributed by atoms with Gasteiger partial charge in [-0.15, -0.1) is 0 Å². The van der Waals surface area contributed by atoms with Gasteiger partial charge in [0.1, 0.15) is 12.4 Å². The quantitative estimate of drug-likeness (QED) is 0.933. The number of nitrogens with zero attached hydrogens (tertiary/aromatic N) is 2. The predicted octanol–water partition coefficient (Wildman–Crippen LogP) is 1.71. The van der Waals surface area contributed by atoms with E-state index in [1.165, 1.54) is 0 Å². The number of benzene rings is 1. The van der Waals surface area contributed by atoms with Crippen LogP contribution >= 0.6 is 0 Å². The van der Waals surface area contributed by atoms with Crippen LogP contribution in [0.2, 0.25) is 0 Å². The lowest BCUT2D eigenvalue weighted by Crippen LogP contribution is -2.46. The van der Waals surface area contributed by atoms with E-state index in [-0.39, 0.29) is 5.91 Å². The molecule has 5 nitrogen and oxygen atoms in total. The number of hydrogen-bond acceptors (Lipinski definition) is 4. The van der Waals surface area contributed by atoms with E-state index in [0.29, 0.717) is 17.9 Å². The largest absolute Gasteiger partial charge is 0.489 e. The second kappa shape index (κ2) is 7.04. The van der Waals surface area contributed by atoms with Crippen LogP contribution in [0.15, 0.2) is 48.8 Å². The summed E-state index contributed by atoms with van der Waals surface area (Å²) in [6, 6.07) is 11.2. The summed E-state index contributed by atoms with van der Waals surface area (Å²) in [5, 5.41) is 3.25. The van der Waals surface area contributed by atoms with Gasteiger partial charge >= 0.3 is 0 Å². The molecule has 5 heteroatoms.